The minimum Gasteiger partial charge on any atom is -0.372 e. The summed E-state index contributed by atoms with van der Waals surface area (Å²) >= 11 is 1.62. The Bertz CT molecular complexity index is 413. The molecule has 3 nitrogen and oxygen atoms in total. The van der Waals surface area contributed by atoms with Crippen LogP contribution in [0.4, 0.5) is 0 Å². The molecule has 0 radical (unpaired) electrons. The van der Waals surface area contributed by atoms with Gasteiger partial charge in [-0.1, -0.05) is 18.2 Å². The summed E-state index contributed by atoms with van der Waals surface area (Å²) in [5, 5.41) is -0.0556. The van der Waals surface area contributed by atoms with Gasteiger partial charge in [0.05, 0.1) is 17.5 Å². The maximum atomic E-state index is 12.4. The molecule has 1 aromatic rings. The minimum atomic E-state index is -0.0556. The molecule has 1 aliphatic heterocycles. The largest absolute Gasteiger partial charge is 0.372 e. The third-order valence-electron chi connectivity index (χ3n) is 3.14. The van der Waals surface area contributed by atoms with E-state index in [0.717, 1.165) is 4.90 Å². The second-order valence-electron chi connectivity index (χ2n) is 5.07. The lowest BCUT2D eigenvalue weighted by Crippen LogP contribution is -2.50. The molecular weight excluding hydrogens is 258 g/mol. The van der Waals surface area contributed by atoms with Gasteiger partial charge in [-0.05, 0) is 32.9 Å². The van der Waals surface area contributed by atoms with Crippen molar-refractivity contribution in [1.82, 2.24) is 4.90 Å². The summed E-state index contributed by atoms with van der Waals surface area (Å²) in [6.07, 6.45) is 0.253. The van der Waals surface area contributed by atoms with Crippen molar-refractivity contribution in [2.75, 3.05) is 13.1 Å². The van der Waals surface area contributed by atoms with Crippen molar-refractivity contribution in [2.45, 2.75) is 43.1 Å². The number of rotatable bonds is 3. The molecule has 0 bridgehead atoms. The molecule has 1 fully saturated rings. The molecule has 1 saturated heterocycles. The summed E-state index contributed by atoms with van der Waals surface area (Å²) < 4.78 is 5.66. The number of benzene rings is 1. The Morgan fingerprint density at radius 1 is 1.26 bits per heavy atom. The quantitative estimate of drug-likeness (QED) is 0.797. The zero-order chi connectivity index (χ0) is 13.8. The Kier molecular flexibility index (Phi) is 4.88. The average Bonchev–Trinajstić information content (AvgIpc) is 2.37. The van der Waals surface area contributed by atoms with E-state index in [1.807, 2.05) is 56.0 Å². The normalized spacial score (nSPS) is 25.1. The van der Waals surface area contributed by atoms with E-state index in [4.69, 9.17) is 4.74 Å². The molecule has 1 aliphatic rings. The van der Waals surface area contributed by atoms with Gasteiger partial charge in [0.15, 0.2) is 0 Å². The third kappa shape index (κ3) is 3.98. The average molecular weight is 279 g/mol. The number of morpholine rings is 1. The Labute approximate surface area is 119 Å². The number of amides is 1. The Hall–Kier alpha value is -1.00. The number of thioether (sulfide) groups is 1. The fourth-order valence-corrected chi connectivity index (χ4v) is 3.34. The number of carbonyl (C=O) groups excluding carboxylic acids is 1. The third-order valence-corrected chi connectivity index (χ3v) is 4.23. The number of hydrogen-bond donors (Lipinski definition) is 0. The highest BCUT2D eigenvalue weighted by atomic mass is 32.2. The maximum Gasteiger partial charge on any atom is 0.235 e. The van der Waals surface area contributed by atoms with E-state index in [2.05, 4.69) is 0 Å². The lowest BCUT2D eigenvalue weighted by molar-refractivity contribution is -0.142. The molecule has 0 aromatic heterocycles. The van der Waals surface area contributed by atoms with Crippen molar-refractivity contribution in [3.05, 3.63) is 30.3 Å². The molecular formula is C15H21NO2S. The van der Waals surface area contributed by atoms with Crippen molar-refractivity contribution in [1.29, 1.82) is 0 Å². The monoisotopic (exact) mass is 279 g/mol. The molecule has 0 saturated carbocycles. The van der Waals surface area contributed by atoms with E-state index in [1.54, 1.807) is 11.8 Å². The van der Waals surface area contributed by atoms with Gasteiger partial charge >= 0.3 is 0 Å². The predicted octanol–water partition coefficient (Wildman–Crippen LogP) is 2.80. The van der Waals surface area contributed by atoms with Crippen molar-refractivity contribution in [2.24, 2.45) is 0 Å². The molecule has 3 unspecified atom stereocenters. The molecule has 1 amide bonds. The lowest BCUT2D eigenvalue weighted by Gasteiger charge is -2.36. The highest BCUT2D eigenvalue weighted by Gasteiger charge is 2.28. The van der Waals surface area contributed by atoms with Gasteiger partial charge < -0.3 is 9.64 Å². The highest BCUT2D eigenvalue weighted by molar-refractivity contribution is 8.00. The van der Waals surface area contributed by atoms with Crippen LogP contribution >= 0.6 is 11.8 Å². The van der Waals surface area contributed by atoms with E-state index in [1.165, 1.54) is 0 Å². The first-order valence-corrected chi connectivity index (χ1v) is 7.60. The first-order chi connectivity index (χ1) is 9.06. The Morgan fingerprint density at radius 3 is 2.42 bits per heavy atom. The van der Waals surface area contributed by atoms with Crippen LogP contribution in [0.3, 0.4) is 0 Å². The van der Waals surface area contributed by atoms with Gasteiger partial charge in [-0.15, -0.1) is 11.8 Å². The summed E-state index contributed by atoms with van der Waals surface area (Å²) in [5.74, 6) is 0.204. The van der Waals surface area contributed by atoms with Gasteiger partial charge in [0.1, 0.15) is 0 Å². The standard InChI is InChI=1S/C15H21NO2S/c1-11-9-16(10-12(2)18-11)15(17)13(3)19-14-7-5-4-6-8-14/h4-8,11-13H,9-10H2,1-3H3. The number of carbonyl (C=O) groups is 1. The zero-order valence-electron chi connectivity index (χ0n) is 11.7. The SMILES string of the molecule is CC1CN(C(=O)C(C)Sc2ccccc2)CC(C)O1. The van der Waals surface area contributed by atoms with Gasteiger partial charge in [0.2, 0.25) is 5.91 Å². The zero-order valence-corrected chi connectivity index (χ0v) is 12.5. The molecule has 4 heteroatoms. The molecule has 3 atom stereocenters. The van der Waals surface area contributed by atoms with Crippen LogP contribution in [0.2, 0.25) is 0 Å². The van der Waals surface area contributed by atoms with Crippen LogP contribution in [0.5, 0.6) is 0 Å². The molecule has 19 heavy (non-hydrogen) atoms. The molecule has 1 aromatic carbocycles. The molecule has 0 aliphatic carbocycles. The van der Waals surface area contributed by atoms with E-state index in [0.29, 0.717) is 13.1 Å². The predicted molar refractivity (Wildman–Crippen MR) is 78.4 cm³/mol. The topological polar surface area (TPSA) is 29.5 Å². The Morgan fingerprint density at radius 2 is 1.84 bits per heavy atom. The van der Waals surface area contributed by atoms with E-state index in [-0.39, 0.29) is 23.4 Å². The first-order valence-electron chi connectivity index (χ1n) is 6.72. The summed E-state index contributed by atoms with van der Waals surface area (Å²) in [6.45, 7) is 7.41. The second-order valence-corrected chi connectivity index (χ2v) is 6.49. The van der Waals surface area contributed by atoms with Gasteiger partial charge in [-0.25, -0.2) is 0 Å². The number of nitrogens with zero attached hydrogens (tertiary/aromatic N) is 1. The van der Waals surface area contributed by atoms with Crippen molar-refractivity contribution >= 4 is 17.7 Å². The van der Waals surface area contributed by atoms with Crippen molar-refractivity contribution in [3.63, 3.8) is 0 Å². The first kappa shape index (κ1) is 14.4. The molecule has 104 valence electrons. The van der Waals surface area contributed by atoms with Gasteiger partial charge in [0.25, 0.3) is 0 Å². The van der Waals surface area contributed by atoms with E-state index >= 15 is 0 Å². The van der Waals surface area contributed by atoms with Crippen LogP contribution < -0.4 is 0 Å². The lowest BCUT2D eigenvalue weighted by atomic mass is 10.2. The minimum absolute atomic E-state index is 0.0556. The van der Waals surface area contributed by atoms with Gasteiger partial charge in [0, 0.05) is 18.0 Å². The van der Waals surface area contributed by atoms with Crippen molar-refractivity contribution in [3.8, 4) is 0 Å². The van der Waals surface area contributed by atoms with Crippen molar-refractivity contribution < 1.29 is 9.53 Å². The summed E-state index contributed by atoms with van der Waals surface area (Å²) in [5.41, 5.74) is 0. The molecule has 2 rings (SSSR count). The van der Waals surface area contributed by atoms with Crippen LogP contribution in [0.25, 0.3) is 0 Å². The smallest absolute Gasteiger partial charge is 0.235 e. The number of ether oxygens (including phenoxy) is 1. The van der Waals surface area contributed by atoms with Gasteiger partial charge in [-0.2, -0.15) is 0 Å². The van der Waals surface area contributed by atoms with Crippen LogP contribution in [0.1, 0.15) is 20.8 Å². The fraction of sp³-hybridized carbons (Fsp3) is 0.533. The summed E-state index contributed by atoms with van der Waals surface area (Å²) in [6, 6.07) is 10.1. The maximum absolute atomic E-state index is 12.4. The van der Waals surface area contributed by atoms with Crippen LogP contribution in [-0.4, -0.2) is 41.4 Å². The summed E-state index contributed by atoms with van der Waals surface area (Å²) in [7, 11) is 0. The van der Waals surface area contributed by atoms with E-state index < -0.39 is 0 Å². The molecule has 0 spiro atoms. The number of hydrogen-bond acceptors (Lipinski definition) is 3. The van der Waals surface area contributed by atoms with E-state index in [9.17, 15) is 4.79 Å². The Balaban J connectivity index is 1.95. The molecule has 0 N–H and O–H groups in total. The summed E-state index contributed by atoms with van der Waals surface area (Å²) in [4.78, 5) is 15.5. The second kappa shape index (κ2) is 6.44. The van der Waals surface area contributed by atoms with Crippen LogP contribution in [0.15, 0.2) is 35.2 Å². The van der Waals surface area contributed by atoms with Gasteiger partial charge in [-0.3, -0.25) is 4.79 Å². The van der Waals surface area contributed by atoms with Crippen LogP contribution in [-0.2, 0) is 9.53 Å². The highest BCUT2D eigenvalue weighted by Crippen LogP contribution is 2.25. The van der Waals surface area contributed by atoms with Crippen LogP contribution in [0, 0.1) is 0 Å². The fourth-order valence-electron chi connectivity index (χ4n) is 2.37. The molecule has 1 heterocycles.